The van der Waals surface area contributed by atoms with E-state index >= 15 is 0 Å². The van der Waals surface area contributed by atoms with Crippen LogP contribution in [0.4, 0.5) is 92.2 Å². The minimum absolute atomic E-state index is 0.465. The zero-order chi connectivity index (χ0) is 41.6. The second-order valence-corrected chi connectivity index (χ2v) is 15.0. The van der Waals surface area contributed by atoms with Crippen molar-refractivity contribution in [3.8, 4) is 0 Å². The van der Waals surface area contributed by atoms with E-state index in [9.17, 15) is 117 Å². The minimum atomic E-state index is -7.18. The van der Waals surface area contributed by atoms with Crippen LogP contribution in [-0.2, 0) is 42.9 Å². The highest BCUT2D eigenvalue weighted by Crippen LogP contribution is 2.49. The Labute approximate surface area is 270 Å². The molecule has 0 rings (SSSR count). The van der Waals surface area contributed by atoms with Gasteiger partial charge in [0.2, 0.25) is 0 Å². The summed E-state index contributed by atoms with van der Waals surface area (Å²) < 4.78 is 354. The van der Waals surface area contributed by atoms with Crippen molar-refractivity contribution in [3.05, 3.63) is 0 Å². The SMILES string of the molecule is CCC(COS(=O)(=O)CC(F)(F)C(F)(F)C(F)(F)F)(COS(=O)(=O)CC(F)(F)C(F)(F)C(F)(F)F)COS(=O)(=O)CC(F)(F)C(F)(F)C(F)(F)F. The van der Waals surface area contributed by atoms with E-state index in [0.717, 1.165) is 0 Å². The lowest BCUT2D eigenvalue weighted by atomic mass is 9.88. The lowest BCUT2D eigenvalue weighted by molar-refractivity contribution is -0.349. The maximum Gasteiger partial charge on any atom is 0.459 e. The lowest BCUT2D eigenvalue weighted by Crippen LogP contribution is -2.55. The third-order valence-electron chi connectivity index (χ3n) is 5.90. The quantitative estimate of drug-likeness (QED) is 0.115. The lowest BCUT2D eigenvalue weighted by Gasteiger charge is -2.33. The van der Waals surface area contributed by atoms with E-state index in [4.69, 9.17) is 0 Å². The van der Waals surface area contributed by atoms with E-state index in [1.54, 1.807) is 0 Å². The number of hydrogen-bond acceptors (Lipinski definition) is 9. The van der Waals surface area contributed by atoms with Gasteiger partial charge in [0.15, 0.2) is 0 Å². The second-order valence-electron chi connectivity index (χ2n) is 10.1. The van der Waals surface area contributed by atoms with Gasteiger partial charge in [0.25, 0.3) is 30.4 Å². The molecule has 0 fully saturated rings. The Morgan fingerprint density at radius 1 is 0.373 bits per heavy atom. The first-order chi connectivity index (χ1) is 21.8. The average molecular weight is 872 g/mol. The van der Waals surface area contributed by atoms with Gasteiger partial charge in [0.1, 0.15) is 17.3 Å². The van der Waals surface area contributed by atoms with Crippen LogP contribution < -0.4 is 0 Å². The summed E-state index contributed by atoms with van der Waals surface area (Å²) in [6, 6.07) is 0. The monoisotopic (exact) mass is 872 g/mol. The van der Waals surface area contributed by atoms with Crippen LogP contribution in [0.15, 0.2) is 0 Å². The van der Waals surface area contributed by atoms with E-state index in [2.05, 4.69) is 12.5 Å². The highest BCUT2D eigenvalue weighted by molar-refractivity contribution is 7.87. The van der Waals surface area contributed by atoms with Crippen LogP contribution in [-0.4, -0.2) is 116 Å². The smallest absolute Gasteiger partial charge is 0.269 e. The number of alkyl halides is 21. The Bertz CT molecular complexity index is 1350. The van der Waals surface area contributed by atoms with Crippen molar-refractivity contribution < 1.29 is 130 Å². The molecular formula is C18H17F21O9S3. The van der Waals surface area contributed by atoms with Crippen LogP contribution in [0.3, 0.4) is 0 Å². The highest BCUT2D eigenvalue weighted by atomic mass is 32.2. The largest absolute Gasteiger partial charge is 0.459 e. The molecule has 0 aromatic rings. The molecule has 0 N–H and O–H groups in total. The van der Waals surface area contributed by atoms with Crippen molar-refractivity contribution >= 4 is 30.4 Å². The van der Waals surface area contributed by atoms with E-state index in [1.807, 2.05) is 0 Å². The van der Waals surface area contributed by atoms with Gasteiger partial charge in [-0.3, -0.25) is 12.5 Å². The molecule has 0 heterocycles. The minimum Gasteiger partial charge on any atom is -0.269 e. The maximum atomic E-state index is 13.6. The molecule has 33 heteroatoms. The van der Waals surface area contributed by atoms with Crippen molar-refractivity contribution in [2.75, 3.05) is 37.1 Å². The summed E-state index contributed by atoms with van der Waals surface area (Å²) >= 11 is 0. The van der Waals surface area contributed by atoms with E-state index in [-0.39, 0.29) is 0 Å². The summed E-state index contributed by atoms with van der Waals surface area (Å²) in [5.41, 5.74) is -3.39. The fraction of sp³-hybridized carbons (Fsp3) is 1.00. The van der Waals surface area contributed by atoms with Gasteiger partial charge in [-0.15, -0.1) is 0 Å². The Balaban J connectivity index is 6.72. The van der Waals surface area contributed by atoms with Crippen LogP contribution in [0.2, 0.25) is 0 Å². The maximum absolute atomic E-state index is 13.6. The fourth-order valence-corrected chi connectivity index (χ4v) is 6.18. The van der Waals surface area contributed by atoms with Crippen LogP contribution in [0.1, 0.15) is 13.3 Å². The van der Waals surface area contributed by atoms with Gasteiger partial charge in [0.05, 0.1) is 19.8 Å². The molecule has 0 saturated carbocycles. The van der Waals surface area contributed by atoms with Crippen molar-refractivity contribution in [1.29, 1.82) is 0 Å². The van der Waals surface area contributed by atoms with Crippen LogP contribution in [0, 0.1) is 5.41 Å². The van der Waals surface area contributed by atoms with Crippen molar-refractivity contribution in [1.82, 2.24) is 0 Å². The average Bonchev–Trinajstić information content (AvgIpc) is 2.84. The summed E-state index contributed by atoms with van der Waals surface area (Å²) in [5.74, 6) is -52.6. The summed E-state index contributed by atoms with van der Waals surface area (Å²) in [5, 5.41) is 0. The first kappa shape index (κ1) is 49.3. The molecule has 0 aromatic heterocycles. The first-order valence-electron chi connectivity index (χ1n) is 11.9. The zero-order valence-electron chi connectivity index (χ0n) is 23.8. The molecule has 0 amide bonds. The molecule has 0 unspecified atom stereocenters. The standard InChI is InChI=1S/C18H17F21O9S3/c1-2-9(3-46-49(40,41)6-10(19,20)13(25,26)16(31,32)33,4-47-50(42,43)7-11(21,22)14(27,28)17(34,35)36)5-48-51(44,45)8-12(23,24)15(29,30)18(37,38)39/h2-8H2,1H3. The number of rotatable bonds is 19. The van der Waals surface area contributed by atoms with Gasteiger partial charge in [0, 0.05) is 5.41 Å². The molecule has 51 heavy (non-hydrogen) atoms. The summed E-state index contributed by atoms with van der Waals surface area (Å²) in [4.78, 5) is 0. The summed E-state index contributed by atoms with van der Waals surface area (Å²) in [7, 11) is -19.8. The molecular weight excluding hydrogens is 855 g/mol. The van der Waals surface area contributed by atoms with E-state index in [1.165, 1.54) is 0 Å². The number of halogens is 21. The van der Waals surface area contributed by atoms with Crippen molar-refractivity contribution in [2.24, 2.45) is 5.41 Å². The van der Waals surface area contributed by atoms with Crippen molar-refractivity contribution in [3.63, 3.8) is 0 Å². The van der Waals surface area contributed by atoms with Gasteiger partial charge >= 0.3 is 54.1 Å². The van der Waals surface area contributed by atoms with Gasteiger partial charge in [-0.1, -0.05) is 6.92 Å². The molecule has 0 radical (unpaired) electrons. The third kappa shape index (κ3) is 11.6. The predicted molar refractivity (Wildman–Crippen MR) is 120 cm³/mol. The molecule has 0 aliphatic rings. The summed E-state index contributed by atoms with van der Waals surface area (Å²) in [6.07, 6.45) is -23.0. The van der Waals surface area contributed by atoms with Gasteiger partial charge in [-0.25, -0.2) is 0 Å². The fourth-order valence-electron chi connectivity index (χ4n) is 2.76. The Morgan fingerprint density at radius 2 is 0.549 bits per heavy atom. The van der Waals surface area contributed by atoms with Crippen LogP contribution in [0.25, 0.3) is 0 Å². The molecule has 9 nitrogen and oxygen atoms in total. The molecule has 0 bridgehead atoms. The molecule has 0 atom stereocenters. The summed E-state index contributed by atoms with van der Waals surface area (Å²) in [6.45, 7) is -6.76. The molecule has 0 aromatic carbocycles. The molecule has 0 saturated heterocycles. The van der Waals surface area contributed by atoms with Crippen molar-refractivity contribution in [2.45, 2.75) is 67.4 Å². The van der Waals surface area contributed by atoms with E-state index < -0.39 is 133 Å². The molecule has 308 valence electrons. The van der Waals surface area contributed by atoms with E-state index in [0.29, 0.717) is 6.92 Å². The highest BCUT2D eigenvalue weighted by Gasteiger charge is 2.76. The predicted octanol–water partition coefficient (Wildman–Crippen LogP) is 5.92. The second kappa shape index (κ2) is 14.5. The number of hydrogen-bond donors (Lipinski definition) is 0. The third-order valence-corrected chi connectivity index (χ3v) is 9.48. The normalized spacial score (nSPS) is 16.1. The molecule has 0 aliphatic carbocycles. The Morgan fingerprint density at radius 3 is 0.686 bits per heavy atom. The Hall–Kier alpha value is -1.74. The van der Waals surface area contributed by atoms with Gasteiger partial charge < -0.3 is 0 Å². The topological polar surface area (TPSA) is 130 Å². The first-order valence-corrected chi connectivity index (χ1v) is 16.6. The van der Waals surface area contributed by atoms with Crippen LogP contribution in [0.5, 0.6) is 0 Å². The molecule has 0 spiro atoms. The van der Waals surface area contributed by atoms with Gasteiger partial charge in [-0.2, -0.15) is 117 Å². The Kier molecular flexibility index (Phi) is 14.0. The van der Waals surface area contributed by atoms with Gasteiger partial charge in [-0.05, 0) is 6.42 Å². The zero-order valence-corrected chi connectivity index (χ0v) is 26.2. The molecule has 0 aliphatic heterocycles. The van der Waals surface area contributed by atoms with Crippen LogP contribution >= 0.6 is 0 Å².